The van der Waals surface area contributed by atoms with Crippen molar-refractivity contribution >= 4 is 5.91 Å². The van der Waals surface area contributed by atoms with Crippen molar-refractivity contribution in [1.82, 2.24) is 24.8 Å². The SMILES string of the molecule is C=CCC(=O)N1CCc2c(nnn2C)C1COCCN1CCCC1. The Kier molecular flexibility index (Phi) is 5.63. The number of likely N-dealkylation sites (tertiary alicyclic amines) is 1. The van der Waals surface area contributed by atoms with Crippen molar-refractivity contribution in [3.05, 3.63) is 24.0 Å². The number of carbonyl (C=O) groups is 1. The van der Waals surface area contributed by atoms with Crippen molar-refractivity contribution < 1.29 is 9.53 Å². The first-order valence-corrected chi connectivity index (χ1v) is 8.79. The minimum Gasteiger partial charge on any atom is -0.378 e. The minimum atomic E-state index is -0.145. The van der Waals surface area contributed by atoms with E-state index in [1.54, 1.807) is 6.08 Å². The van der Waals surface area contributed by atoms with Gasteiger partial charge in [0.25, 0.3) is 0 Å². The predicted molar refractivity (Wildman–Crippen MR) is 90.5 cm³/mol. The van der Waals surface area contributed by atoms with E-state index in [-0.39, 0.29) is 11.9 Å². The molecule has 2 aliphatic rings. The number of rotatable bonds is 7. The summed E-state index contributed by atoms with van der Waals surface area (Å²) in [4.78, 5) is 16.7. The molecule has 2 aliphatic heterocycles. The molecule has 1 saturated heterocycles. The number of fused-ring (bicyclic) bond motifs is 1. The second-order valence-corrected chi connectivity index (χ2v) is 6.51. The Morgan fingerprint density at radius 2 is 2.17 bits per heavy atom. The summed E-state index contributed by atoms with van der Waals surface area (Å²) in [5.41, 5.74) is 1.98. The summed E-state index contributed by atoms with van der Waals surface area (Å²) in [5, 5.41) is 8.41. The third kappa shape index (κ3) is 3.67. The molecule has 3 rings (SSSR count). The Morgan fingerprint density at radius 3 is 2.92 bits per heavy atom. The summed E-state index contributed by atoms with van der Waals surface area (Å²) >= 11 is 0. The smallest absolute Gasteiger partial charge is 0.227 e. The highest BCUT2D eigenvalue weighted by atomic mass is 16.5. The molecule has 3 heterocycles. The van der Waals surface area contributed by atoms with Crippen molar-refractivity contribution in [1.29, 1.82) is 0 Å². The Labute approximate surface area is 143 Å². The van der Waals surface area contributed by atoms with E-state index in [1.807, 2.05) is 16.6 Å². The van der Waals surface area contributed by atoms with Gasteiger partial charge in [0.05, 0.1) is 18.9 Å². The van der Waals surface area contributed by atoms with E-state index in [1.165, 1.54) is 25.9 Å². The van der Waals surface area contributed by atoms with Crippen molar-refractivity contribution in [2.45, 2.75) is 31.7 Å². The van der Waals surface area contributed by atoms with Crippen molar-refractivity contribution in [3.63, 3.8) is 0 Å². The summed E-state index contributed by atoms with van der Waals surface area (Å²) in [5.74, 6) is 0.0782. The molecule has 1 aromatic rings. The number of amides is 1. The molecule has 7 nitrogen and oxygen atoms in total. The molecule has 0 aliphatic carbocycles. The number of carbonyl (C=O) groups excluding carboxylic acids is 1. The molecule has 132 valence electrons. The van der Waals surface area contributed by atoms with Crippen molar-refractivity contribution in [2.75, 3.05) is 39.4 Å². The summed E-state index contributed by atoms with van der Waals surface area (Å²) in [7, 11) is 1.90. The maximum atomic E-state index is 12.4. The van der Waals surface area contributed by atoms with Gasteiger partial charge >= 0.3 is 0 Å². The molecular formula is C17H27N5O2. The van der Waals surface area contributed by atoms with E-state index in [2.05, 4.69) is 21.8 Å². The number of ether oxygens (including phenoxy) is 1. The zero-order chi connectivity index (χ0) is 16.9. The summed E-state index contributed by atoms with van der Waals surface area (Å²) in [6.07, 6.45) is 5.36. The summed E-state index contributed by atoms with van der Waals surface area (Å²) in [6.45, 7) is 8.82. The predicted octanol–water partition coefficient (Wildman–Crippen LogP) is 0.929. The number of hydrogen-bond donors (Lipinski definition) is 0. The van der Waals surface area contributed by atoms with E-state index in [9.17, 15) is 4.79 Å². The van der Waals surface area contributed by atoms with E-state index in [0.29, 0.717) is 26.2 Å². The standard InChI is InChI=1S/C17H27N5O2/c1-3-6-16(23)22-10-7-14-17(18-19-20(14)2)15(22)13-24-12-11-21-8-4-5-9-21/h3,15H,1,4-13H2,2H3. The number of nitrogens with zero attached hydrogens (tertiary/aromatic N) is 5. The topological polar surface area (TPSA) is 63.5 Å². The molecule has 0 bridgehead atoms. The van der Waals surface area contributed by atoms with Crippen LogP contribution >= 0.6 is 0 Å². The van der Waals surface area contributed by atoms with Crippen molar-refractivity contribution in [2.24, 2.45) is 7.05 Å². The first kappa shape index (κ1) is 17.1. The van der Waals surface area contributed by atoms with Gasteiger partial charge in [0.2, 0.25) is 5.91 Å². The second kappa shape index (κ2) is 7.90. The lowest BCUT2D eigenvalue weighted by Gasteiger charge is -2.34. The Bertz CT molecular complexity index is 580. The summed E-state index contributed by atoms with van der Waals surface area (Å²) < 4.78 is 7.73. The van der Waals surface area contributed by atoms with Crippen LogP contribution in [0.4, 0.5) is 0 Å². The average Bonchev–Trinajstić information content (AvgIpc) is 3.22. The molecule has 0 spiro atoms. The zero-order valence-corrected chi connectivity index (χ0v) is 14.5. The lowest BCUT2D eigenvalue weighted by molar-refractivity contribution is -0.135. The Balaban J connectivity index is 1.62. The fourth-order valence-corrected chi connectivity index (χ4v) is 3.57. The van der Waals surface area contributed by atoms with Crippen LogP contribution in [0.1, 0.15) is 36.7 Å². The van der Waals surface area contributed by atoms with Gasteiger partial charge in [-0.25, -0.2) is 0 Å². The molecule has 1 amide bonds. The van der Waals surface area contributed by atoms with Gasteiger partial charge in [-0.05, 0) is 25.9 Å². The number of aromatic nitrogens is 3. The molecule has 1 aromatic heterocycles. The van der Waals surface area contributed by atoms with E-state index < -0.39 is 0 Å². The maximum absolute atomic E-state index is 12.4. The van der Waals surface area contributed by atoms with Crippen LogP contribution in [0.25, 0.3) is 0 Å². The average molecular weight is 333 g/mol. The largest absolute Gasteiger partial charge is 0.378 e. The van der Waals surface area contributed by atoms with Gasteiger partial charge < -0.3 is 14.5 Å². The van der Waals surface area contributed by atoms with Crippen LogP contribution in [0, 0.1) is 0 Å². The zero-order valence-electron chi connectivity index (χ0n) is 14.5. The fraction of sp³-hybridized carbons (Fsp3) is 0.706. The molecule has 0 aromatic carbocycles. The molecule has 7 heteroatoms. The van der Waals surface area contributed by atoms with Crippen LogP contribution in [0.5, 0.6) is 0 Å². The van der Waals surface area contributed by atoms with E-state index in [4.69, 9.17) is 4.74 Å². The van der Waals surface area contributed by atoms with Gasteiger partial charge in [0, 0.05) is 33.0 Å². The van der Waals surface area contributed by atoms with Gasteiger partial charge in [-0.15, -0.1) is 11.7 Å². The first-order valence-electron chi connectivity index (χ1n) is 8.79. The highest BCUT2D eigenvalue weighted by Gasteiger charge is 2.34. The Morgan fingerprint density at radius 1 is 1.38 bits per heavy atom. The van der Waals surface area contributed by atoms with Gasteiger partial charge in [0.1, 0.15) is 11.7 Å². The van der Waals surface area contributed by atoms with Crippen LogP contribution in [-0.2, 0) is 23.0 Å². The van der Waals surface area contributed by atoms with Gasteiger partial charge in [0.15, 0.2) is 0 Å². The highest BCUT2D eigenvalue weighted by Crippen LogP contribution is 2.28. The first-order chi connectivity index (χ1) is 11.7. The van der Waals surface area contributed by atoms with Crippen LogP contribution in [0.3, 0.4) is 0 Å². The molecule has 1 unspecified atom stereocenters. The molecule has 1 fully saturated rings. The molecule has 0 radical (unpaired) electrons. The normalized spacial score (nSPS) is 21.0. The summed E-state index contributed by atoms with van der Waals surface area (Å²) in [6, 6.07) is -0.145. The fourth-order valence-electron chi connectivity index (χ4n) is 3.57. The quantitative estimate of drug-likeness (QED) is 0.549. The van der Waals surface area contributed by atoms with Crippen LogP contribution in [-0.4, -0.2) is 70.1 Å². The third-order valence-electron chi connectivity index (χ3n) is 4.92. The Hall–Kier alpha value is -1.73. The monoisotopic (exact) mass is 333 g/mol. The lowest BCUT2D eigenvalue weighted by atomic mass is 10.0. The molecule has 0 N–H and O–H groups in total. The van der Waals surface area contributed by atoms with Crippen molar-refractivity contribution in [3.8, 4) is 0 Å². The van der Waals surface area contributed by atoms with Crippen LogP contribution < -0.4 is 0 Å². The number of hydrogen-bond acceptors (Lipinski definition) is 5. The third-order valence-corrected chi connectivity index (χ3v) is 4.92. The minimum absolute atomic E-state index is 0.0782. The lowest BCUT2D eigenvalue weighted by Crippen LogP contribution is -2.42. The maximum Gasteiger partial charge on any atom is 0.227 e. The molecule has 24 heavy (non-hydrogen) atoms. The molecule has 1 atom stereocenters. The van der Waals surface area contributed by atoms with Gasteiger partial charge in [-0.3, -0.25) is 9.48 Å². The van der Waals surface area contributed by atoms with Crippen LogP contribution in [0.2, 0.25) is 0 Å². The van der Waals surface area contributed by atoms with E-state index in [0.717, 1.165) is 24.4 Å². The van der Waals surface area contributed by atoms with Gasteiger partial charge in [-0.2, -0.15) is 0 Å². The number of aryl methyl sites for hydroxylation is 1. The second-order valence-electron chi connectivity index (χ2n) is 6.51. The highest BCUT2D eigenvalue weighted by molar-refractivity contribution is 5.78. The van der Waals surface area contributed by atoms with Crippen LogP contribution in [0.15, 0.2) is 12.7 Å². The van der Waals surface area contributed by atoms with Gasteiger partial charge in [-0.1, -0.05) is 11.3 Å². The molecule has 0 saturated carbocycles. The van der Waals surface area contributed by atoms with E-state index >= 15 is 0 Å². The molecular weight excluding hydrogens is 306 g/mol.